The van der Waals surface area contributed by atoms with Crippen molar-refractivity contribution < 1.29 is 24.2 Å². The van der Waals surface area contributed by atoms with Gasteiger partial charge in [-0.05, 0) is 53.0 Å². The first kappa shape index (κ1) is 27.2. The Bertz CT molecular complexity index is 905. The highest BCUT2D eigenvalue weighted by Crippen LogP contribution is 2.26. The number of hydrogen-bond donors (Lipinski definition) is 3. The molecule has 0 saturated heterocycles. The first-order chi connectivity index (χ1) is 15.9. The zero-order chi connectivity index (χ0) is 25.5. The zero-order valence-corrected chi connectivity index (χ0v) is 20.8. The van der Waals surface area contributed by atoms with Gasteiger partial charge in [0.05, 0.1) is 6.61 Å². The van der Waals surface area contributed by atoms with Crippen LogP contribution in [0.5, 0.6) is 0 Å². The van der Waals surface area contributed by atoms with Crippen LogP contribution in [-0.4, -0.2) is 52.2 Å². The van der Waals surface area contributed by atoms with Crippen molar-refractivity contribution in [1.82, 2.24) is 15.5 Å². The normalized spacial score (nSPS) is 16.0. The van der Waals surface area contributed by atoms with Crippen LogP contribution in [0.15, 0.2) is 18.2 Å². The van der Waals surface area contributed by atoms with E-state index < -0.39 is 42.2 Å². The number of rotatable bonds is 7. The topological polar surface area (TPSA) is 108 Å². The number of carbonyl (C=O) groups excluding carboxylic acids is 3. The van der Waals surface area contributed by atoms with Crippen molar-refractivity contribution in [2.45, 2.75) is 90.4 Å². The summed E-state index contributed by atoms with van der Waals surface area (Å²) in [5, 5.41) is 15.3. The number of benzene rings is 1. The van der Waals surface area contributed by atoms with Gasteiger partial charge in [0.25, 0.3) is 5.91 Å². The van der Waals surface area contributed by atoms with Crippen molar-refractivity contribution in [2.75, 3.05) is 6.61 Å². The molecule has 1 fully saturated rings. The van der Waals surface area contributed by atoms with E-state index in [1.807, 2.05) is 32.0 Å². The number of ether oxygens (including phenoxy) is 1. The summed E-state index contributed by atoms with van der Waals surface area (Å²) in [7, 11) is 0. The van der Waals surface area contributed by atoms with Gasteiger partial charge in [0.2, 0.25) is 5.91 Å². The molecule has 2 rings (SSSR count). The lowest BCUT2D eigenvalue weighted by Gasteiger charge is -2.32. The minimum atomic E-state index is -1.37. The van der Waals surface area contributed by atoms with Crippen molar-refractivity contribution in [3.63, 3.8) is 0 Å². The maximum Gasteiger partial charge on any atom is 0.408 e. The van der Waals surface area contributed by atoms with Crippen molar-refractivity contribution in [2.24, 2.45) is 0 Å². The predicted octanol–water partition coefficient (Wildman–Crippen LogP) is 3.10. The first-order valence-corrected chi connectivity index (χ1v) is 11.7. The zero-order valence-electron chi connectivity index (χ0n) is 20.8. The Hall–Kier alpha value is -3.05. The van der Waals surface area contributed by atoms with Crippen LogP contribution < -0.4 is 10.6 Å². The molecule has 2 atom stereocenters. The van der Waals surface area contributed by atoms with Crippen LogP contribution in [0.25, 0.3) is 0 Å². The molecule has 1 aliphatic rings. The Morgan fingerprint density at radius 2 is 1.74 bits per heavy atom. The molecular weight excluding hydrogens is 434 g/mol. The van der Waals surface area contributed by atoms with Crippen LogP contribution in [0.4, 0.5) is 4.79 Å². The highest BCUT2D eigenvalue weighted by Gasteiger charge is 2.36. The molecule has 34 heavy (non-hydrogen) atoms. The molecule has 2 unspecified atom stereocenters. The van der Waals surface area contributed by atoms with E-state index in [1.54, 1.807) is 20.8 Å². The summed E-state index contributed by atoms with van der Waals surface area (Å²) in [5.41, 5.74) is 1.60. The maximum absolute atomic E-state index is 13.5. The number of aryl methyl sites for hydroxylation is 2. The minimum absolute atomic E-state index is 0.0120. The van der Waals surface area contributed by atoms with E-state index in [2.05, 4.69) is 16.7 Å². The Morgan fingerprint density at radius 3 is 2.24 bits per heavy atom. The molecule has 1 aromatic carbocycles. The smallest absolute Gasteiger partial charge is 0.408 e. The quantitative estimate of drug-likeness (QED) is 0.418. The Morgan fingerprint density at radius 1 is 1.15 bits per heavy atom. The number of aliphatic hydroxyl groups excluding tert-OH is 1. The Balaban J connectivity index is 2.36. The Labute approximate surface area is 202 Å². The number of amides is 3. The number of nitrogens with zero attached hydrogens (tertiary/aromatic N) is 1. The first-order valence-electron chi connectivity index (χ1n) is 11.7. The van der Waals surface area contributed by atoms with Crippen molar-refractivity contribution in [3.05, 3.63) is 34.9 Å². The average molecular weight is 472 g/mol. The number of terminal acetylenes is 1. The molecule has 3 N–H and O–H groups in total. The van der Waals surface area contributed by atoms with Gasteiger partial charge in [-0.2, -0.15) is 0 Å². The third-order valence-electron chi connectivity index (χ3n) is 5.57. The third kappa shape index (κ3) is 7.77. The lowest BCUT2D eigenvalue weighted by atomic mass is 9.94. The van der Waals surface area contributed by atoms with E-state index in [9.17, 15) is 19.5 Å². The second-order valence-corrected chi connectivity index (χ2v) is 9.89. The molecule has 0 aromatic heterocycles. The molecule has 3 amide bonds. The summed E-state index contributed by atoms with van der Waals surface area (Å²) in [6, 6.07) is 5.42. The molecule has 1 aromatic rings. The largest absolute Gasteiger partial charge is 0.444 e. The second-order valence-electron chi connectivity index (χ2n) is 9.89. The van der Waals surface area contributed by atoms with Gasteiger partial charge >= 0.3 is 6.09 Å². The molecule has 1 saturated carbocycles. The number of aliphatic hydroxyl groups is 1. The van der Waals surface area contributed by atoms with Crippen LogP contribution in [0, 0.1) is 26.3 Å². The van der Waals surface area contributed by atoms with Gasteiger partial charge in [-0.1, -0.05) is 55.0 Å². The summed E-state index contributed by atoms with van der Waals surface area (Å²) >= 11 is 0. The van der Waals surface area contributed by atoms with Crippen LogP contribution in [0.3, 0.4) is 0 Å². The highest BCUT2D eigenvalue weighted by molar-refractivity contribution is 5.93. The lowest BCUT2D eigenvalue weighted by Crippen LogP contribution is -2.53. The number of carbonyl (C=O) groups is 3. The fraction of sp³-hybridized carbons (Fsp3) is 0.577. The molecule has 8 heteroatoms. The average Bonchev–Trinajstić information content (AvgIpc) is 2.73. The summed E-state index contributed by atoms with van der Waals surface area (Å²) < 4.78 is 5.20. The van der Waals surface area contributed by atoms with Gasteiger partial charge in [0, 0.05) is 12.1 Å². The molecule has 0 bridgehead atoms. The summed E-state index contributed by atoms with van der Waals surface area (Å²) in [5.74, 6) is -1.17. The Kier molecular flexibility index (Phi) is 9.51. The second kappa shape index (κ2) is 11.9. The molecule has 0 aliphatic heterocycles. The van der Waals surface area contributed by atoms with Crippen molar-refractivity contribution in [1.29, 1.82) is 0 Å². The van der Waals surface area contributed by atoms with E-state index in [4.69, 9.17) is 11.2 Å². The standard InChI is InChI=1S/C26H37N3O5/c1-7-29(24(32)21(16-30)28-25(33)34-26(4,5)6)22(19-14-17(2)13-18(3)15-19)23(31)27-20-11-9-8-10-12-20/h1,13-15,20-22,30H,8-12,16H2,2-6H3,(H,27,31)(H,28,33). The van der Waals surface area contributed by atoms with Crippen molar-refractivity contribution >= 4 is 17.9 Å². The molecule has 0 spiro atoms. The van der Waals surface area contributed by atoms with E-state index in [0.717, 1.165) is 48.1 Å². The van der Waals surface area contributed by atoms with E-state index in [0.29, 0.717) is 5.56 Å². The molecule has 0 radical (unpaired) electrons. The highest BCUT2D eigenvalue weighted by atomic mass is 16.6. The molecule has 0 heterocycles. The molecular formula is C26H37N3O5. The minimum Gasteiger partial charge on any atom is -0.444 e. The fourth-order valence-electron chi connectivity index (χ4n) is 4.18. The van der Waals surface area contributed by atoms with E-state index >= 15 is 0 Å². The van der Waals surface area contributed by atoms with Crippen LogP contribution >= 0.6 is 0 Å². The number of alkyl carbamates (subject to hydrolysis) is 1. The molecule has 186 valence electrons. The third-order valence-corrected chi connectivity index (χ3v) is 5.57. The summed E-state index contributed by atoms with van der Waals surface area (Å²) in [4.78, 5) is 40.0. The van der Waals surface area contributed by atoms with Gasteiger partial charge < -0.3 is 20.5 Å². The van der Waals surface area contributed by atoms with Crippen LogP contribution in [-0.2, 0) is 14.3 Å². The predicted molar refractivity (Wildman–Crippen MR) is 130 cm³/mol. The molecule has 8 nitrogen and oxygen atoms in total. The summed E-state index contributed by atoms with van der Waals surface area (Å²) in [6.45, 7) is 8.13. The van der Waals surface area contributed by atoms with Gasteiger partial charge in [0.15, 0.2) is 0 Å². The van der Waals surface area contributed by atoms with Gasteiger partial charge in [-0.15, -0.1) is 0 Å². The van der Waals surface area contributed by atoms with Crippen molar-refractivity contribution in [3.8, 4) is 12.5 Å². The van der Waals surface area contributed by atoms with Gasteiger partial charge in [-0.25, -0.2) is 4.79 Å². The number of hydrogen-bond acceptors (Lipinski definition) is 5. The lowest BCUT2D eigenvalue weighted by molar-refractivity contribution is -0.139. The molecule has 1 aliphatic carbocycles. The van der Waals surface area contributed by atoms with E-state index in [-0.39, 0.29) is 6.04 Å². The monoisotopic (exact) mass is 471 g/mol. The SMILES string of the molecule is C#CN(C(=O)C(CO)NC(=O)OC(C)(C)C)C(C(=O)NC1CCCCC1)c1cc(C)cc(C)c1. The van der Waals surface area contributed by atoms with E-state index in [1.165, 1.54) is 0 Å². The maximum atomic E-state index is 13.5. The number of nitrogens with one attached hydrogen (secondary N) is 2. The summed E-state index contributed by atoms with van der Waals surface area (Å²) in [6.07, 6.45) is 9.80. The van der Waals surface area contributed by atoms with Gasteiger partial charge in [-0.3, -0.25) is 14.5 Å². The fourth-order valence-corrected chi connectivity index (χ4v) is 4.18. The van der Waals surface area contributed by atoms with Crippen LogP contribution in [0.2, 0.25) is 0 Å². The van der Waals surface area contributed by atoms with Crippen LogP contribution in [0.1, 0.15) is 75.6 Å². The van der Waals surface area contributed by atoms with Gasteiger partial charge in [0.1, 0.15) is 17.7 Å².